The number of aromatic nitrogens is 1. The van der Waals surface area contributed by atoms with Gasteiger partial charge in [0.1, 0.15) is 6.10 Å². The molecule has 158 valence electrons. The first-order chi connectivity index (χ1) is 15.7. The molecule has 0 unspecified atom stereocenters. The van der Waals surface area contributed by atoms with Gasteiger partial charge in [0, 0.05) is 17.1 Å². The zero-order chi connectivity index (χ0) is 21.9. The zero-order valence-corrected chi connectivity index (χ0v) is 17.3. The molecule has 32 heavy (non-hydrogen) atoms. The first-order valence-corrected chi connectivity index (χ1v) is 10.6. The summed E-state index contributed by atoms with van der Waals surface area (Å²) in [5, 5.41) is 0.899. The van der Waals surface area contributed by atoms with Gasteiger partial charge in [-0.2, -0.15) is 0 Å². The topological polar surface area (TPSA) is 65.5 Å². The molecule has 1 aromatic heterocycles. The Hall–Kier alpha value is -3.99. The van der Waals surface area contributed by atoms with Gasteiger partial charge in [-0.25, -0.2) is 9.59 Å². The highest BCUT2D eigenvalue weighted by Gasteiger charge is 2.37. The summed E-state index contributed by atoms with van der Waals surface area (Å²) in [6.45, 7) is 0. The summed E-state index contributed by atoms with van der Waals surface area (Å²) >= 11 is 0. The van der Waals surface area contributed by atoms with Crippen LogP contribution in [0.4, 0.5) is 0 Å². The van der Waals surface area contributed by atoms with Crippen LogP contribution in [0.2, 0.25) is 0 Å². The summed E-state index contributed by atoms with van der Waals surface area (Å²) in [5.41, 5.74) is 3.65. The highest BCUT2D eigenvalue weighted by Crippen LogP contribution is 2.39. The number of fused-ring (bicyclic) bond motifs is 3. The van der Waals surface area contributed by atoms with Crippen LogP contribution in [0.3, 0.4) is 0 Å². The van der Waals surface area contributed by atoms with Crippen molar-refractivity contribution in [2.45, 2.75) is 25.0 Å². The lowest BCUT2D eigenvalue weighted by Crippen LogP contribution is -2.33. The molecule has 0 amide bonds. The van der Waals surface area contributed by atoms with Crippen molar-refractivity contribution in [1.29, 1.82) is 0 Å². The van der Waals surface area contributed by atoms with Crippen molar-refractivity contribution in [3.63, 3.8) is 0 Å². The number of hydrogen-bond donors (Lipinski definition) is 0. The summed E-state index contributed by atoms with van der Waals surface area (Å²) in [7, 11) is 0. The predicted molar refractivity (Wildman–Crippen MR) is 120 cm³/mol. The lowest BCUT2D eigenvalue weighted by molar-refractivity contribution is -0.0432. The number of carbonyl (C=O) groups is 2. The summed E-state index contributed by atoms with van der Waals surface area (Å²) in [6, 6.07) is 25.5. The van der Waals surface area contributed by atoms with Gasteiger partial charge >= 0.3 is 11.9 Å². The van der Waals surface area contributed by atoms with Gasteiger partial charge in [0.25, 0.3) is 0 Å². The lowest BCUT2D eigenvalue weighted by Gasteiger charge is -2.33. The Labute approximate surface area is 185 Å². The predicted octanol–water partition coefficient (Wildman–Crippen LogP) is 5.30. The number of hydrogen-bond acceptors (Lipinski definition) is 5. The standard InChI is InChI=1S/C27H21NO4/c29-26(19-8-3-1-4-9-19)31-23-16-14-18-13-15-22-21(12-7-17-28-22)24(18)25(23)32-27(30)20-10-5-2-6-11-20/h1-13,15,17,23,25H,14,16H2/t23-,25+/m0/s1. The minimum absolute atomic E-state index is 0.432. The van der Waals surface area contributed by atoms with Crippen LogP contribution in [0.15, 0.2) is 91.1 Å². The monoisotopic (exact) mass is 423 g/mol. The average Bonchev–Trinajstić information content (AvgIpc) is 2.86. The van der Waals surface area contributed by atoms with E-state index in [2.05, 4.69) is 4.98 Å². The third kappa shape index (κ3) is 3.85. The molecule has 1 aliphatic rings. The molecule has 0 bridgehead atoms. The van der Waals surface area contributed by atoms with Gasteiger partial charge < -0.3 is 9.47 Å². The zero-order valence-electron chi connectivity index (χ0n) is 17.3. The molecule has 2 atom stereocenters. The molecule has 5 rings (SSSR count). The number of ether oxygens (including phenoxy) is 2. The van der Waals surface area contributed by atoms with Gasteiger partial charge in [0.05, 0.1) is 16.6 Å². The van der Waals surface area contributed by atoms with Gasteiger partial charge in [-0.1, -0.05) is 48.5 Å². The summed E-state index contributed by atoms with van der Waals surface area (Å²) in [4.78, 5) is 30.2. The molecule has 5 heteroatoms. The molecule has 0 radical (unpaired) electrons. The van der Waals surface area contributed by atoms with Crippen molar-refractivity contribution < 1.29 is 19.1 Å². The number of nitrogens with zero attached hydrogens (tertiary/aromatic N) is 1. The minimum atomic E-state index is -0.730. The first-order valence-electron chi connectivity index (χ1n) is 10.6. The molecule has 1 heterocycles. The number of carbonyl (C=O) groups excluding carboxylic acids is 2. The van der Waals surface area contributed by atoms with Gasteiger partial charge in [-0.15, -0.1) is 0 Å². The van der Waals surface area contributed by atoms with Crippen molar-refractivity contribution in [3.05, 3.63) is 113 Å². The molecular weight excluding hydrogens is 402 g/mol. The highest BCUT2D eigenvalue weighted by molar-refractivity contribution is 5.91. The quantitative estimate of drug-likeness (QED) is 0.417. The number of pyridine rings is 1. The second kappa shape index (κ2) is 8.63. The molecule has 0 N–H and O–H groups in total. The Morgan fingerprint density at radius 1 is 0.750 bits per heavy atom. The van der Waals surface area contributed by atoms with Crippen LogP contribution in [0.25, 0.3) is 10.9 Å². The van der Waals surface area contributed by atoms with Crippen molar-refractivity contribution in [3.8, 4) is 0 Å². The van der Waals surface area contributed by atoms with E-state index in [4.69, 9.17) is 9.47 Å². The van der Waals surface area contributed by atoms with Crippen LogP contribution in [-0.4, -0.2) is 23.0 Å². The fraction of sp³-hybridized carbons (Fsp3) is 0.148. The summed E-state index contributed by atoms with van der Waals surface area (Å²) in [5.74, 6) is -0.886. The van der Waals surface area contributed by atoms with E-state index in [9.17, 15) is 9.59 Å². The Morgan fingerprint density at radius 2 is 1.41 bits per heavy atom. The maximum Gasteiger partial charge on any atom is 0.338 e. The molecular formula is C27H21NO4. The van der Waals surface area contributed by atoms with Crippen molar-refractivity contribution in [2.24, 2.45) is 0 Å². The van der Waals surface area contributed by atoms with E-state index in [1.54, 1.807) is 54.7 Å². The Bertz CT molecular complexity index is 1270. The largest absolute Gasteiger partial charge is 0.454 e. The molecule has 0 fully saturated rings. The third-order valence-corrected chi connectivity index (χ3v) is 5.75. The smallest absolute Gasteiger partial charge is 0.338 e. The van der Waals surface area contributed by atoms with E-state index in [-0.39, 0.29) is 0 Å². The number of rotatable bonds is 4. The fourth-order valence-corrected chi connectivity index (χ4v) is 4.20. The van der Waals surface area contributed by atoms with Gasteiger partial charge in [0.2, 0.25) is 0 Å². The first kappa shape index (κ1) is 19.9. The fourth-order valence-electron chi connectivity index (χ4n) is 4.20. The maximum atomic E-state index is 13.0. The highest BCUT2D eigenvalue weighted by atomic mass is 16.6. The number of aryl methyl sites for hydroxylation is 1. The lowest BCUT2D eigenvalue weighted by atomic mass is 9.84. The van der Waals surface area contributed by atoms with Crippen LogP contribution in [-0.2, 0) is 15.9 Å². The van der Waals surface area contributed by atoms with Crippen LogP contribution in [0, 0.1) is 0 Å². The second-order valence-corrected chi connectivity index (χ2v) is 7.75. The van der Waals surface area contributed by atoms with E-state index in [1.165, 1.54) is 0 Å². The van der Waals surface area contributed by atoms with E-state index in [0.717, 1.165) is 22.0 Å². The molecule has 1 aliphatic carbocycles. The van der Waals surface area contributed by atoms with E-state index >= 15 is 0 Å². The molecule has 0 saturated heterocycles. The molecule has 0 aliphatic heterocycles. The average molecular weight is 423 g/mol. The molecule has 5 nitrogen and oxygen atoms in total. The van der Waals surface area contributed by atoms with Crippen molar-refractivity contribution in [1.82, 2.24) is 4.98 Å². The number of benzene rings is 3. The Kier molecular flexibility index (Phi) is 5.38. The van der Waals surface area contributed by atoms with Gasteiger partial charge in [-0.3, -0.25) is 4.98 Å². The second-order valence-electron chi connectivity index (χ2n) is 7.75. The summed E-state index contributed by atoms with van der Waals surface area (Å²) < 4.78 is 11.9. The van der Waals surface area contributed by atoms with E-state index in [0.29, 0.717) is 24.0 Å². The minimum Gasteiger partial charge on any atom is -0.454 e. The van der Waals surface area contributed by atoms with Crippen LogP contribution in [0.5, 0.6) is 0 Å². The van der Waals surface area contributed by atoms with Crippen molar-refractivity contribution in [2.75, 3.05) is 0 Å². The van der Waals surface area contributed by atoms with Crippen molar-refractivity contribution >= 4 is 22.8 Å². The molecule has 3 aromatic carbocycles. The van der Waals surface area contributed by atoms with Crippen LogP contribution >= 0.6 is 0 Å². The third-order valence-electron chi connectivity index (χ3n) is 5.75. The SMILES string of the molecule is O=C(O[C@H]1CCc2ccc3ncccc3c2[C@@H]1OC(=O)c1ccccc1)c1ccccc1. The van der Waals surface area contributed by atoms with Gasteiger partial charge in [-0.05, 0) is 54.8 Å². The maximum absolute atomic E-state index is 13.0. The molecule has 0 spiro atoms. The summed E-state index contributed by atoms with van der Waals surface area (Å²) in [6.07, 6.45) is 1.67. The van der Waals surface area contributed by atoms with Crippen LogP contribution in [0.1, 0.15) is 44.4 Å². The molecule has 0 saturated carbocycles. The van der Waals surface area contributed by atoms with E-state index in [1.807, 2.05) is 36.4 Å². The number of esters is 2. The normalized spacial score (nSPS) is 17.4. The Morgan fingerprint density at radius 3 is 2.09 bits per heavy atom. The molecule has 4 aromatic rings. The van der Waals surface area contributed by atoms with Gasteiger partial charge in [0.15, 0.2) is 6.10 Å². The Balaban J connectivity index is 1.54. The van der Waals surface area contributed by atoms with Crippen LogP contribution < -0.4 is 0 Å². The van der Waals surface area contributed by atoms with E-state index < -0.39 is 24.1 Å².